The van der Waals surface area contributed by atoms with Crippen LogP contribution in [0.4, 0.5) is 10.2 Å². The van der Waals surface area contributed by atoms with Crippen LogP contribution in [0.3, 0.4) is 0 Å². The first-order valence-corrected chi connectivity index (χ1v) is 9.27. The average Bonchev–Trinajstić information content (AvgIpc) is 3.19. The lowest BCUT2D eigenvalue weighted by Gasteiger charge is -2.08. The Kier molecular flexibility index (Phi) is 3.76. The van der Waals surface area contributed by atoms with Crippen LogP contribution < -0.4 is 11.4 Å². The molecule has 0 bridgehead atoms. The first-order valence-electron chi connectivity index (χ1n) is 9.27. The summed E-state index contributed by atoms with van der Waals surface area (Å²) in [4.78, 5) is 21.5. The Morgan fingerprint density at radius 1 is 1.07 bits per heavy atom. The molecule has 5 aromatic rings. The lowest BCUT2D eigenvalue weighted by molar-refractivity contribution is 0.628. The maximum atomic E-state index is 14.0. The number of halogens is 1. The number of imidazole rings is 1. The van der Waals surface area contributed by atoms with Crippen LogP contribution in [0.2, 0.25) is 0 Å². The Bertz CT molecular complexity index is 1530. The summed E-state index contributed by atoms with van der Waals surface area (Å²) >= 11 is 0. The highest BCUT2D eigenvalue weighted by atomic mass is 19.1. The van der Waals surface area contributed by atoms with Gasteiger partial charge in [0.05, 0.1) is 34.1 Å². The summed E-state index contributed by atoms with van der Waals surface area (Å²) in [7, 11) is 3.52. The summed E-state index contributed by atoms with van der Waals surface area (Å²) in [5, 5.41) is 5.14. The number of nitrogens with two attached hydrogens (primary N) is 1. The van der Waals surface area contributed by atoms with Crippen LogP contribution in [-0.4, -0.2) is 28.9 Å². The number of hydrogen-bond acceptors (Lipinski definition) is 5. The molecule has 0 amide bonds. The van der Waals surface area contributed by atoms with E-state index in [2.05, 4.69) is 15.1 Å². The maximum absolute atomic E-state index is 14.0. The minimum Gasteiger partial charge on any atom is -0.381 e. The van der Waals surface area contributed by atoms with E-state index in [1.165, 1.54) is 12.3 Å². The Labute approximate surface area is 170 Å². The van der Waals surface area contributed by atoms with Gasteiger partial charge in [0.1, 0.15) is 0 Å². The highest BCUT2D eigenvalue weighted by molar-refractivity contribution is 6.04. The first-order chi connectivity index (χ1) is 14.3. The fraction of sp³-hybridized carbons (Fsp3) is 0.143. The fourth-order valence-corrected chi connectivity index (χ4v) is 3.81. The first kappa shape index (κ1) is 18.0. The summed E-state index contributed by atoms with van der Waals surface area (Å²) in [6.07, 6.45) is 5.02. The van der Waals surface area contributed by atoms with Crippen molar-refractivity contribution in [2.45, 2.75) is 6.92 Å². The molecule has 5 rings (SSSR count). The molecule has 0 fully saturated rings. The van der Waals surface area contributed by atoms with Crippen LogP contribution in [-0.2, 0) is 14.1 Å². The average molecular weight is 403 g/mol. The van der Waals surface area contributed by atoms with Gasteiger partial charge < -0.3 is 5.73 Å². The normalized spacial score (nSPS) is 11.6. The summed E-state index contributed by atoms with van der Waals surface area (Å²) in [6.45, 7) is 1.86. The number of rotatable bonds is 2. The van der Waals surface area contributed by atoms with Crippen molar-refractivity contribution in [1.29, 1.82) is 0 Å². The van der Waals surface area contributed by atoms with E-state index in [0.29, 0.717) is 22.3 Å². The van der Waals surface area contributed by atoms with E-state index >= 15 is 0 Å². The molecule has 4 heterocycles. The second kappa shape index (κ2) is 6.24. The van der Waals surface area contributed by atoms with Gasteiger partial charge in [-0.1, -0.05) is 6.07 Å². The Morgan fingerprint density at radius 3 is 2.57 bits per heavy atom. The van der Waals surface area contributed by atoms with Crippen LogP contribution in [0.15, 0.2) is 47.7 Å². The maximum Gasteiger partial charge on any atom is 0.333 e. The van der Waals surface area contributed by atoms with Gasteiger partial charge in [0.25, 0.3) is 0 Å². The van der Waals surface area contributed by atoms with Crippen LogP contribution in [0.25, 0.3) is 38.8 Å². The third-order valence-electron chi connectivity index (χ3n) is 5.31. The summed E-state index contributed by atoms with van der Waals surface area (Å²) in [5.74, 6) is -0.723. The fourth-order valence-electron chi connectivity index (χ4n) is 3.81. The molecule has 8 nitrogen and oxygen atoms in total. The lowest BCUT2D eigenvalue weighted by Crippen LogP contribution is -2.21. The van der Waals surface area contributed by atoms with E-state index in [1.54, 1.807) is 27.1 Å². The van der Waals surface area contributed by atoms with Crippen LogP contribution in [0, 0.1) is 12.7 Å². The molecular formula is C21H18FN7O. The minimum absolute atomic E-state index is 0.146. The van der Waals surface area contributed by atoms with Gasteiger partial charge in [-0.15, -0.1) is 0 Å². The quantitative estimate of drug-likeness (QED) is 0.489. The molecule has 0 saturated heterocycles. The van der Waals surface area contributed by atoms with E-state index in [4.69, 9.17) is 5.73 Å². The van der Waals surface area contributed by atoms with Crippen molar-refractivity contribution in [2.24, 2.45) is 14.1 Å². The van der Waals surface area contributed by atoms with E-state index < -0.39 is 5.82 Å². The molecule has 1 aromatic carbocycles. The molecule has 30 heavy (non-hydrogen) atoms. The van der Waals surface area contributed by atoms with Gasteiger partial charge in [0.15, 0.2) is 11.6 Å². The number of anilines is 1. The summed E-state index contributed by atoms with van der Waals surface area (Å²) in [5.41, 5.74) is 10.2. The molecule has 9 heteroatoms. The molecule has 0 atom stereocenters. The zero-order valence-electron chi connectivity index (χ0n) is 16.6. The zero-order valence-corrected chi connectivity index (χ0v) is 16.6. The molecular weight excluding hydrogens is 385 g/mol. The lowest BCUT2D eigenvalue weighted by atomic mass is 10.0. The number of nitrogens with zero attached hydrogens (tertiary/aromatic N) is 6. The Balaban J connectivity index is 1.88. The smallest absolute Gasteiger partial charge is 0.333 e. The van der Waals surface area contributed by atoms with Gasteiger partial charge >= 0.3 is 5.69 Å². The molecule has 0 aliphatic heterocycles. The molecule has 150 valence electrons. The molecule has 0 saturated carbocycles. The molecule has 0 spiro atoms. The minimum atomic E-state index is -0.577. The van der Waals surface area contributed by atoms with Gasteiger partial charge in [0, 0.05) is 37.4 Å². The molecule has 0 aliphatic rings. The third kappa shape index (κ3) is 2.52. The van der Waals surface area contributed by atoms with Gasteiger partial charge in [-0.3, -0.25) is 18.8 Å². The second-order valence-electron chi connectivity index (χ2n) is 7.27. The van der Waals surface area contributed by atoms with Crippen LogP contribution >= 0.6 is 0 Å². The summed E-state index contributed by atoms with van der Waals surface area (Å²) in [6, 6.07) is 6.92. The highest BCUT2D eigenvalue weighted by Gasteiger charge is 2.19. The molecule has 0 radical (unpaired) electrons. The number of aromatic nitrogens is 6. The number of pyridine rings is 2. The largest absolute Gasteiger partial charge is 0.381 e. The Morgan fingerprint density at radius 2 is 1.87 bits per heavy atom. The number of fused-ring (bicyclic) bond motifs is 3. The SMILES string of the molecule is Cc1nn(C)cc1-n1c(=O)n(C)c2cnc3ccc(-c4cnc(N)c(F)c4)cc3c21. The van der Waals surface area contributed by atoms with Crippen molar-refractivity contribution in [1.82, 2.24) is 28.9 Å². The van der Waals surface area contributed by atoms with Gasteiger partial charge in [-0.2, -0.15) is 5.10 Å². The van der Waals surface area contributed by atoms with E-state index in [1.807, 2.05) is 38.4 Å². The number of aryl methyl sites for hydroxylation is 3. The van der Waals surface area contributed by atoms with Crippen molar-refractivity contribution < 1.29 is 4.39 Å². The van der Waals surface area contributed by atoms with Crippen molar-refractivity contribution >= 4 is 27.8 Å². The highest BCUT2D eigenvalue weighted by Crippen LogP contribution is 2.30. The van der Waals surface area contributed by atoms with Gasteiger partial charge in [-0.05, 0) is 30.7 Å². The van der Waals surface area contributed by atoms with Crippen molar-refractivity contribution in [3.8, 4) is 16.8 Å². The second-order valence-corrected chi connectivity index (χ2v) is 7.27. The van der Waals surface area contributed by atoms with Crippen LogP contribution in [0.1, 0.15) is 5.69 Å². The third-order valence-corrected chi connectivity index (χ3v) is 5.31. The van der Waals surface area contributed by atoms with Crippen molar-refractivity contribution in [3.05, 3.63) is 64.9 Å². The van der Waals surface area contributed by atoms with Gasteiger partial charge in [-0.25, -0.2) is 14.2 Å². The zero-order chi connectivity index (χ0) is 21.2. The predicted molar refractivity (Wildman–Crippen MR) is 113 cm³/mol. The number of nitrogen functional groups attached to an aromatic ring is 1. The van der Waals surface area contributed by atoms with Crippen molar-refractivity contribution in [3.63, 3.8) is 0 Å². The topological polar surface area (TPSA) is 96.5 Å². The van der Waals surface area contributed by atoms with Crippen molar-refractivity contribution in [2.75, 3.05) is 5.73 Å². The van der Waals surface area contributed by atoms with E-state index in [9.17, 15) is 9.18 Å². The standard InChI is InChI=1S/C21H18FN7O/c1-11-18(10-27(2)26-11)29-19-14-6-12(13-7-15(22)20(23)25-8-13)4-5-16(14)24-9-17(19)28(3)21(29)30/h4-10H,1-3H3,(H2,23,25). The summed E-state index contributed by atoms with van der Waals surface area (Å²) < 4.78 is 18.8. The Hall–Kier alpha value is -4.01. The predicted octanol–water partition coefficient (Wildman–Crippen LogP) is 2.70. The molecule has 0 aliphatic carbocycles. The monoisotopic (exact) mass is 403 g/mol. The van der Waals surface area contributed by atoms with E-state index in [-0.39, 0.29) is 11.5 Å². The molecule has 0 unspecified atom stereocenters. The number of benzene rings is 1. The van der Waals surface area contributed by atoms with E-state index in [0.717, 1.165) is 22.2 Å². The van der Waals surface area contributed by atoms with Crippen LogP contribution in [0.5, 0.6) is 0 Å². The van der Waals surface area contributed by atoms with Gasteiger partial charge in [0.2, 0.25) is 0 Å². The molecule has 2 N–H and O–H groups in total. The number of hydrogen-bond donors (Lipinski definition) is 1. The molecule has 4 aromatic heterocycles.